The van der Waals surface area contributed by atoms with Crippen molar-refractivity contribution in [2.75, 3.05) is 20.2 Å². The van der Waals surface area contributed by atoms with Gasteiger partial charge in [0.25, 0.3) is 0 Å². The number of hydrogen-bond donors (Lipinski definition) is 3. The van der Waals surface area contributed by atoms with Gasteiger partial charge >= 0.3 is 12.3 Å². The quantitative estimate of drug-likeness (QED) is 0.171. The van der Waals surface area contributed by atoms with Crippen molar-refractivity contribution in [3.63, 3.8) is 0 Å². The average molecular weight is 745 g/mol. The van der Waals surface area contributed by atoms with E-state index in [2.05, 4.69) is 42.1 Å². The van der Waals surface area contributed by atoms with Crippen LogP contribution in [0, 0.1) is 24.7 Å². The summed E-state index contributed by atoms with van der Waals surface area (Å²) in [4.78, 5) is 65.9. The fourth-order valence-corrected chi connectivity index (χ4v) is 7.74. The Bertz CT molecular complexity index is 2020. The SMILES string of the molecule is [CH2][C@H](C(=O)N1CCC[C@H]1c1nc(C(F)(F)F)c(-c2ccc(-c3ncc(-c4cnc([C@@H]5CCCN5C(=O)[C@@H](NC(=O)OC)C5CC5)[nH]4)cn3)cc2)[nH]1)C1CC1. The molecule has 3 aromatic heterocycles. The number of ether oxygens (including phenoxy) is 1. The van der Waals surface area contributed by atoms with Crippen molar-refractivity contribution in [1.29, 1.82) is 0 Å². The minimum absolute atomic E-state index is 0.0944. The molecule has 3 amide bonds. The number of hydrogen-bond acceptors (Lipinski definition) is 8. The van der Waals surface area contributed by atoms with Crippen LogP contribution in [0.1, 0.15) is 80.8 Å². The third kappa shape index (κ3) is 7.05. The predicted molar refractivity (Wildman–Crippen MR) is 189 cm³/mol. The summed E-state index contributed by atoms with van der Waals surface area (Å²) in [6, 6.07) is 4.97. The third-order valence-corrected chi connectivity index (χ3v) is 11.0. The van der Waals surface area contributed by atoms with Crippen LogP contribution in [-0.4, -0.2) is 83.9 Å². The summed E-state index contributed by atoms with van der Waals surface area (Å²) in [6.45, 7) is 5.06. The van der Waals surface area contributed by atoms with Crippen molar-refractivity contribution >= 4 is 17.9 Å². The first-order valence-corrected chi connectivity index (χ1v) is 18.4. The third-order valence-electron chi connectivity index (χ3n) is 11.0. The highest BCUT2D eigenvalue weighted by atomic mass is 19.4. The molecule has 4 aliphatic rings. The number of likely N-dealkylation sites (tertiary alicyclic amines) is 2. The molecule has 2 aliphatic carbocycles. The summed E-state index contributed by atoms with van der Waals surface area (Å²) in [5, 5.41) is 2.71. The highest BCUT2D eigenvalue weighted by Gasteiger charge is 2.44. The number of carbonyl (C=O) groups is 3. The molecule has 2 saturated carbocycles. The highest BCUT2D eigenvalue weighted by Crippen LogP contribution is 2.43. The van der Waals surface area contributed by atoms with Gasteiger partial charge in [-0.3, -0.25) is 9.59 Å². The Labute approximate surface area is 309 Å². The van der Waals surface area contributed by atoms with Crippen LogP contribution in [0.25, 0.3) is 33.9 Å². The Morgan fingerprint density at radius 3 is 2.04 bits per heavy atom. The van der Waals surface area contributed by atoms with E-state index in [1.54, 1.807) is 52.7 Å². The normalized spacial score (nSPS) is 21.3. The summed E-state index contributed by atoms with van der Waals surface area (Å²) in [5.74, 6) is 0.792. The predicted octanol–water partition coefficient (Wildman–Crippen LogP) is 6.26. The number of H-pyrrole nitrogens is 2. The first kappa shape index (κ1) is 35.7. The number of carbonyl (C=O) groups excluding carboxylic acids is 3. The minimum Gasteiger partial charge on any atom is -0.453 e. The second kappa shape index (κ2) is 14.2. The van der Waals surface area contributed by atoms with E-state index >= 15 is 0 Å². The molecule has 283 valence electrons. The van der Waals surface area contributed by atoms with E-state index in [1.807, 2.05) is 0 Å². The smallest absolute Gasteiger partial charge is 0.435 e. The van der Waals surface area contributed by atoms with Crippen LogP contribution in [-0.2, 0) is 20.5 Å². The monoisotopic (exact) mass is 744 g/mol. The lowest BCUT2D eigenvalue weighted by Crippen LogP contribution is -2.49. The Kier molecular flexibility index (Phi) is 9.38. The Morgan fingerprint density at radius 2 is 1.43 bits per heavy atom. The number of imidazole rings is 2. The van der Waals surface area contributed by atoms with Gasteiger partial charge in [0, 0.05) is 48.1 Å². The molecule has 3 N–H and O–H groups in total. The average Bonchev–Trinajstić information content (AvgIpc) is 3.92. The van der Waals surface area contributed by atoms with Gasteiger partial charge in [-0.2, -0.15) is 13.2 Å². The van der Waals surface area contributed by atoms with Gasteiger partial charge in [-0.15, -0.1) is 0 Å². The van der Waals surface area contributed by atoms with Crippen molar-refractivity contribution in [3.8, 4) is 33.9 Å². The topological polar surface area (TPSA) is 162 Å². The maximum Gasteiger partial charge on any atom is 0.435 e. The second-order valence-corrected chi connectivity index (χ2v) is 14.7. The van der Waals surface area contributed by atoms with Gasteiger partial charge in [-0.1, -0.05) is 24.3 Å². The molecule has 1 aromatic carbocycles. The van der Waals surface area contributed by atoms with E-state index < -0.39 is 36.0 Å². The summed E-state index contributed by atoms with van der Waals surface area (Å²) < 4.78 is 47.6. The maximum absolute atomic E-state index is 14.3. The molecule has 0 unspecified atom stereocenters. The van der Waals surface area contributed by atoms with Gasteiger partial charge in [0.1, 0.15) is 17.7 Å². The number of methoxy groups -OCH3 is 1. The Balaban J connectivity index is 0.968. The molecule has 4 aromatic rings. The van der Waals surface area contributed by atoms with Crippen molar-refractivity contribution in [2.45, 2.75) is 75.7 Å². The number of halogens is 3. The van der Waals surface area contributed by atoms with E-state index in [4.69, 9.17) is 4.74 Å². The fraction of sp³-hybridized carbons (Fsp3) is 0.474. The molecule has 8 rings (SSSR count). The lowest BCUT2D eigenvalue weighted by molar-refractivity contribution is -0.140. The number of alkyl halides is 3. The summed E-state index contributed by atoms with van der Waals surface area (Å²) in [7, 11) is 1.27. The maximum atomic E-state index is 14.3. The van der Waals surface area contributed by atoms with Crippen LogP contribution in [0.5, 0.6) is 0 Å². The second-order valence-electron chi connectivity index (χ2n) is 14.7. The molecule has 0 bridgehead atoms. The van der Waals surface area contributed by atoms with Crippen LogP contribution < -0.4 is 5.32 Å². The zero-order valence-electron chi connectivity index (χ0n) is 29.7. The zero-order valence-corrected chi connectivity index (χ0v) is 29.7. The van der Waals surface area contributed by atoms with Crippen molar-refractivity contribution in [3.05, 3.63) is 67.1 Å². The molecule has 16 heteroatoms. The van der Waals surface area contributed by atoms with Crippen molar-refractivity contribution in [1.82, 2.24) is 45.0 Å². The van der Waals surface area contributed by atoms with Crippen LogP contribution in [0.15, 0.2) is 42.9 Å². The van der Waals surface area contributed by atoms with Crippen molar-refractivity contribution in [2.24, 2.45) is 17.8 Å². The van der Waals surface area contributed by atoms with Crippen LogP contribution >= 0.6 is 0 Å². The van der Waals surface area contributed by atoms with E-state index in [9.17, 15) is 27.6 Å². The van der Waals surface area contributed by atoms with Gasteiger partial charge in [-0.25, -0.2) is 24.7 Å². The summed E-state index contributed by atoms with van der Waals surface area (Å²) in [6.07, 6.45) is 5.95. The number of aromatic nitrogens is 6. The molecular formula is C38H41F3N9O4. The zero-order chi connectivity index (χ0) is 37.7. The lowest BCUT2D eigenvalue weighted by atomic mass is 10.0. The molecule has 2 aliphatic heterocycles. The van der Waals surface area contributed by atoms with Gasteiger partial charge in [0.15, 0.2) is 11.5 Å². The van der Waals surface area contributed by atoms with Gasteiger partial charge < -0.3 is 29.8 Å². The number of alkyl carbamates (subject to hydrolysis) is 1. The van der Waals surface area contributed by atoms with Gasteiger partial charge in [0.2, 0.25) is 11.8 Å². The van der Waals surface area contributed by atoms with Gasteiger partial charge in [-0.05, 0) is 70.1 Å². The number of nitrogens with one attached hydrogen (secondary N) is 3. The standard InChI is InChI=1S/C38H41F3N9O4/c1-20(21-7-8-21)35(51)49-15-4-6-28(49)34-46-29(31(48-34)38(39,40)41)22-11-13-24(14-12-22)32-42-17-25(18-43-32)26-19-44-33(45-26)27-5-3-16-50(27)36(52)30(23-9-10-23)47-37(53)54-2/h11-14,17-21,23,27-28,30H,1,3-10,15-16H2,2H3,(H,44,45)(H,46,48)(H,47,53)/t20-,27-,28-,30-/m0/s1. The van der Waals surface area contributed by atoms with Crippen molar-refractivity contribution < 1.29 is 32.3 Å². The number of rotatable bonds is 10. The van der Waals surface area contributed by atoms with E-state index in [0.29, 0.717) is 60.0 Å². The molecule has 4 atom stereocenters. The molecular weight excluding hydrogens is 703 g/mol. The summed E-state index contributed by atoms with van der Waals surface area (Å²) >= 11 is 0. The van der Waals surface area contributed by atoms with E-state index in [1.165, 1.54) is 7.11 Å². The largest absolute Gasteiger partial charge is 0.453 e. The molecule has 54 heavy (non-hydrogen) atoms. The van der Waals surface area contributed by atoms with Crippen LogP contribution in [0.2, 0.25) is 0 Å². The molecule has 13 nitrogen and oxygen atoms in total. The molecule has 2 saturated heterocycles. The first-order valence-electron chi connectivity index (χ1n) is 18.4. The number of nitrogens with zero attached hydrogens (tertiary/aromatic N) is 6. The highest BCUT2D eigenvalue weighted by molar-refractivity contribution is 5.87. The van der Waals surface area contributed by atoms with Crippen LogP contribution in [0.4, 0.5) is 18.0 Å². The van der Waals surface area contributed by atoms with E-state index in [0.717, 1.165) is 38.5 Å². The number of aromatic amines is 2. The Morgan fingerprint density at radius 1 is 0.815 bits per heavy atom. The van der Waals surface area contributed by atoms with E-state index in [-0.39, 0.29) is 41.2 Å². The molecule has 0 spiro atoms. The van der Waals surface area contributed by atoms with Crippen LogP contribution in [0.3, 0.4) is 0 Å². The molecule has 4 fully saturated rings. The Hall–Kier alpha value is -5.28. The summed E-state index contributed by atoms with van der Waals surface area (Å²) in [5.41, 5.74) is 1.03. The lowest BCUT2D eigenvalue weighted by Gasteiger charge is -2.28. The number of amides is 3. The fourth-order valence-electron chi connectivity index (χ4n) is 7.74. The minimum atomic E-state index is -4.71. The number of benzene rings is 1. The molecule has 5 heterocycles. The molecule has 1 radical (unpaired) electrons. The van der Waals surface area contributed by atoms with Gasteiger partial charge in [0.05, 0.1) is 36.8 Å². The first-order chi connectivity index (χ1) is 26.0.